The largest absolute Gasteiger partial charge is 0.386 e. The fourth-order valence-electron chi connectivity index (χ4n) is 0.596. The number of hydrogen-bond acceptors (Lipinski definition) is 3. The first-order valence-corrected chi connectivity index (χ1v) is 4.64. The van der Waals surface area contributed by atoms with Gasteiger partial charge < -0.3 is 5.11 Å². The highest BCUT2D eigenvalue weighted by Gasteiger charge is 2.07. The van der Waals surface area contributed by atoms with Crippen molar-refractivity contribution in [2.75, 3.05) is 0 Å². The highest BCUT2D eigenvalue weighted by atomic mass is 79.9. The number of halogens is 1. The molecule has 1 rings (SSSR count). The van der Waals surface area contributed by atoms with Crippen LogP contribution in [0.4, 0.5) is 0 Å². The molecule has 1 N–H and O–H groups in total. The van der Waals surface area contributed by atoms with E-state index in [4.69, 9.17) is 0 Å². The smallest absolute Gasteiger partial charge is 0.122 e. The monoisotopic (exact) mass is 221 g/mol. The summed E-state index contributed by atoms with van der Waals surface area (Å²) < 4.78 is 0.968. The van der Waals surface area contributed by atoms with Gasteiger partial charge in [-0.25, -0.2) is 4.98 Å². The van der Waals surface area contributed by atoms with Gasteiger partial charge in [-0.15, -0.1) is 11.3 Å². The van der Waals surface area contributed by atoms with E-state index in [1.54, 1.807) is 6.20 Å². The Hall–Kier alpha value is 0.0700. The summed E-state index contributed by atoms with van der Waals surface area (Å²) in [5, 5.41) is 10.1. The van der Waals surface area contributed by atoms with Gasteiger partial charge in [-0.1, -0.05) is 6.92 Å². The first kappa shape index (κ1) is 8.17. The molecule has 0 aliphatic heterocycles. The molecule has 0 aliphatic rings. The summed E-state index contributed by atoms with van der Waals surface area (Å²) in [5.41, 5.74) is 0. The lowest BCUT2D eigenvalue weighted by molar-refractivity contribution is 0.173. The third kappa shape index (κ3) is 1.78. The zero-order valence-corrected chi connectivity index (χ0v) is 7.94. The minimum absolute atomic E-state index is 0.392. The average molecular weight is 222 g/mol. The second-order valence-corrected chi connectivity index (χ2v) is 4.37. The highest BCUT2D eigenvalue weighted by Crippen LogP contribution is 2.25. The van der Waals surface area contributed by atoms with Crippen molar-refractivity contribution in [2.45, 2.75) is 19.4 Å². The number of thiazole rings is 1. The molecule has 1 heterocycles. The topological polar surface area (TPSA) is 33.1 Å². The third-order valence-electron chi connectivity index (χ3n) is 1.17. The summed E-state index contributed by atoms with van der Waals surface area (Å²) >= 11 is 4.75. The molecule has 0 aromatic carbocycles. The fourth-order valence-corrected chi connectivity index (χ4v) is 1.91. The van der Waals surface area contributed by atoms with Crippen LogP contribution < -0.4 is 0 Å². The van der Waals surface area contributed by atoms with Crippen LogP contribution in [-0.2, 0) is 0 Å². The molecule has 0 saturated carbocycles. The predicted molar refractivity (Wildman–Crippen MR) is 45.1 cm³/mol. The van der Waals surface area contributed by atoms with Gasteiger partial charge in [0.2, 0.25) is 0 Å². The Morgan fingerprint density at radius 1 is 1.90 bits per heavy atom. The molecule has 1 aromatic heterocycles. The average Bonchev–Trinajstić information content (AvgIpc) is 2.34. The maximum Gasteiger partial charge on any atom is 0.122 e. The van der Waals surface area contributed by atoms with Crippen LogP contribution in [0.5, 0.6) is 0 Å². The van der Waals surface area contributed by atoms with Crippen molar-refractivity contribution in [3.05, 3.63) is 15.0 Å². The molecule has 0 amide bonds. The molecule has 2 nitrogen and oxygen atoms in total. The van der Waals surface area contributed by atoms with Gasteiger partial charge in [-0.05, 0) is 22.4 Å². The lowest BCUT2D eigenvalue weighted by atomic mass is 10.3. The zero-order chi connectivity index (χ0) is 7.56. The second kappa shape index (κ2) is 3.46. The summed E-state index contributed by atoms with van der Waals surface area (Å²) in [5.74, 6) is 0. The van der Waals surface area contributed by atoms with E-state index in [9.17, 15) is 5.11 Å². The van der Waals surface area contributed by atoms with Crippen molar-refractivity contribution in [1.29, 1.82) is 0 Å². The van der Waals surface area contributed by atoms with E-state index in [1.807, 2.05) is 6.92 Å². The first-order chi connectivity index (χ1) is 4.74. The molecule has 0 spiro atoms. The Morgan fingerprint density at radius 2 is 2.60 bits per heavy atom. The molecule has 1 aromatic rings. The maximum absolute atomic E-state index is 9.27. The van der Waals surface area contributed by atoms with Gasteiger partial charge in [-0.3, -0.25) is 0 Å². The van der Waals surface area contributed by atoms with Crippen LogP contribution in [0.15, 0.2) is 9.98 Å². The van der Waals surface area contributed by atoms with E-state index in [-0.39, 0.29) is 0 Å². The number of aromatic nitrogens is 1. The molecule has 0 radical (unpaired) electrons. The van der Waals surface area contributed by atoms with Crippen molar-refractivity contribution in [2.24, 2.45) is 0 Å². The number of rotatable bonds is 2. The van der Waals surface area contributed by atoms with Crippen LogP contribution in [0.3, 0.4) is 0 Å². The van der Waals surface area contributed by atoms with Crippen molar-refractivity contribution in [3.63, 3.8) is 0 Å². The van der Waals surface area contributed by atoms with E-state index in [0.717, 1.165) is 15.2 Å². The van der Waals surface area contributed by atoms with Gasteiger partial charge in [0.05, 0.1) is 9.98 Å². The van der Waals surface area contributed by atoms with E-state index < -0.39 is 6.10 Å². The number of hydrogen-bond donors (Lipinski definition) is 1. The summed E-state index contributed by atoms with van der Waals surface area (Å²) in [6, 6.07) is 0. The SMILES string of the molecule is CCC(O)c1ncc(Br)s1. The van der Waals surface area contributed by atoms with Crippen molar-refractivity contribution in [1.82, 2.24) is 4.98 Å². The Balaban J connectivity index is 2.74. The van der Waals surface area contributed by atoms with Crippen LogP contribution in [0.2, 0.25) is 0 Å². The van der Waals surface area contributed by atoms with Crippen LogP contribution in [0.1, 0.15) is 24.5 Å². The zero-order valence-electron chi connectivity index (χ0n) is 5.54. The van der Waals surface area contributed by atoms with Gasteiger partial charge in [0.1, 0.15) is 11.1 Å². The highest BCUT2D eigenvalue weighted by molar-refractivity contribution is 9.11. The van der Waals surface area contributed by atoms with Crippen molar-refractivity contribution in [3.8, 4) is 0 Å². The summed E-state index contributed by atoms with van der Waals surface area (Å²) in [6.45, 7) is 1.93. The Labute approximate surface area is 72.0 Å². The van der Waals surface area contributed by atoms with Gasteiger partial charge in [0.25, 0.3) is 0 Å². The Bertz CT molecular complexity index is 213. The minimum Gasteiger partial charge on any atom is -0.386 e. The molecule has 56 valence electrons. The van der Waals surface area contributed by atoms with E-state index in [0.29, 0.717) is 0 Å². The van der Waals surface area contributed by atoms with Crippen LogP contribution in [0.25, 0.3) is 0 Å². The van der Waals surface area contributed by atoms with Crippen molar-refractivity contribution < 1.29 is 5.11 Å². The third-order valence-corrected chi connectivity index (χ3v) is 2.74. The fraction of sp³-hybridized carbons (Fsp3) is 0.500. The molecule has 0 saturated heterocycles. The molecule has 10 heavy (non-hydrogen) atoms. The van der Waals surface area contributed by atoms with Gasteiger partial charge >= 0.3 is 0 Å². The second-order valence-electron chi connectivity index (χ2n) is 1.93. The van der Waals surface area contributed by atoms with Crippen LogP contribution >= 0.6 is 27.3 Å². The van der Waals surface area contributed by atoms with Gasteiger partial charge in [-0.2, -0.15) is 0 Å². The minimum atomic E-state index is -0.392. The number of nitrogens with zero attached hydrogens (tertiary/aromatic N) is 1. The summed E-state index contributed by atoms with van der Waals surface area (Å²) in [4.78, 5) is 4.01. The molecular formula is C6H8BrNOS. The maximum atomic E-state index is 9.27. The molecule has 4 heteroatoms. The normalized spacial score (nSPS) is 13.5. The molecule has 0 bridgehead atoms. The van der Waals surface area contributed by atoms with E-state index >= 15 is 0 Å². The molecule has 1 unspecified atom stereocenters. The standard InChI is InChI=1S/C6H8BrNOS/c1-2-4(9)6-8-3-5(7)10-6/h3-4,9H,2H2,1H3. The molecule has 1 atom stereocenters. The molecule has 0 fully saturated rings. The lowest BCUT2D eigenvalue weighted by Crippen LogP contribution is -1.92. The molecule has 0 aliphatic carbocycles. The van der Waals surface area contributed by atoms with Crippen LogP contribution in [-0.4, -0.2) is 10.1 Å². The van der Waals surface area contributed by atoms with Gasteiger partial charge in [0, 0.05) is 0 Å². The number of aliphatic hydroxyl groups is 1. The molecular weight excluding hydrogens is 214 g/mol. The first-order valence-electron chi connectivity index (χ1n) is 3.03. The predicted octanol–water partition coefficient (Wildman–Crippen LogP) is 2.35. The summed E-state index contributed by atoms with van der Waals surface area (Å²) in [7, 11) is 0. The van der Waals surface area contributed by atoms with Crippen molar-refractivity contribution >= 4 is 27.3 Å². The quantitative estimate of drug-likeness (QED) is 0.833. The van der Waals surface area contributed by atoms with E-state index in [2.05, 4.69) is 20.9 Å². The van der Waals surface area contributed by atoms with Crippen LogP contribution in [0, 0.1) is 0 Å². The Morgan fingerprint density at radius 3 is 3.00 bits per heavy atom. The number of aliphatic hydroxyl groups excluding tert-OH is 1. The lowest BCUT2D eigenvalue weighted by Gasteiger charge is -1.99. The van der Waals surface area contributed by atoms with E-state index in [1.165, 1.54) is 11.3 Å². The van der Waals surface area contributed by atoms with Gasteiger partial charge in [0.15, 0.2) is 0 Å². The Kier molecular flexibility index (Phi) is 2.82. The summed E-state index contributed by atoms with van der Waals surface area (Å²) in [6.07, 6.45) is 2.04.